The molecule has 1 unspecified atom stereocenters. The molecule has 0 spiro atoms. The Bertz CT molecular complexity index is 161. The summed E-state index contributed by atoms with van der Waals surface area (Å²) in [6.45, 7) is 6.41. The van der Waals surface area contributed by atoms with Crippen molar-refractivity contribution in [1.29, 1.82) is 0 Å². The van der Waals surface area contributed by atoms with Gasteiger partial charge in [-0.1, -0.05) is 13.8 Å². The SMILES string of the molecule is CC(=O)OC(C(C)=O)C(C)C. The van der Waals surface area contributed by atoms with E-state index in [1.165, 1.54) is 13.8 Å². The Kier molecular flexibility index (Phi) is 3.79. The van der Waals surface area contributed by atoms with E-state index in [1.54, 1.807) is 0 Å². The van der Waals surface area contributed by atoms with Crippen molar-refractivity contribution in [2.75, 3.05) is 0 Å². The molecule has 0 amide bonds. The van der Waals surface area contributed by atoms with Gasteiger partial charge >= 0.3 is 5.97 Å². The molecule has 0 aliphatic carbocycles. The second-order valence-corrected chi connectivity index (χ2v) is 2.88. The quantitative estimate of drug-likeness (QED) is 0.579. The summed E-state index contributed by atoms with van der Waals surface area (Å²) >= 11 is 0. The minimum Gasteiger partial charge on any atom is -0.454 e. The molecular formula is C8H14O3. The summed E-state index contributed by atoms with van der Waals surface area (Å²) < 4.78 is 4.78. The molecule has 0 rings (SSSR count). The summed E-state index contributed by atoms with van der Waals surface area (Å²) in [6.07, 6.45) is -0.576. The van der Waals surface area contributed by atoms with Crippen LogP contribution < -0.4 is 0 Å². The number of Topliss-reactive ketones (excluding diaryl/α,β-unsaturated/α-hetero) is 1. The fourth-order valence-electron chi connectivity index (χ4n) is 0.867. The molecular weight excluding hydrogens is 144 g/mol. The Balaban J connectivity index is 4.12. The van der Waals surface area contributed by atoms with E-state index >= 15 is 0 Å². The van der Waals surface area contributed by atoms with E-state index in [1.807, 2.05) is 13.8 Å². The monoisotopic (exact) mass is 158 g/mol. The van der Waals surface area contributed by atoms with Crippen molar-refractivity contribution >= 4 is 11.8 Å². The van der Waals surface area contributed by atoms with Gasteiger partial charge in [-0.2, -0.15) is 0 Å². The number of rotatable bonds is 3. The Morgan fingerprint density at radius 1 is 1.18 bits per heavy atom. The van der Waals surface area contributed by atoms with Gasteiger partial charge in [-0.15, -0.1) is 0 Å². The van der Waals surface area contributed by atoms with Crippen LogP contribution in [-0.4, -0.2) is 17.9 Å². The maximum Gasteiger partial charge on any atom is 0.303 e. The lowest BCUT2D eigenvalue weighted by Gasteiger charge is -2.16. The molecule has 0 heterocycles. The third kappa shape index (κ3) is 3.75. The highest BCUT2D eigenvalue weighted by atomic mass is 16.5. The van der Waals surface area contributed by atoms with Crippen molar-refractivity contribution in [1.82, 2.24) is 0 Å². The minimum atomic E-state index is -0.576. The molecule has 11 heavy (non-hydrogen) atoms. The van der Waals surface area contributed by atoms with E-state index < -0.39 is 12.1 Å². The predicted octanol–water partition coefficient (Wildman–Crippen LogP) is 1.16. The zero-order valence-electron chi connectivity index (χ0n) is 7.38. The van der Waals surface area contributed by atoms with Crippen molar-refractivity contribution in [3.05, 3.63) is 0 Å². The number of carbonyl (C=O) groups excluding carboxylic acids is 2. The first-order chi connectivity index (χ1) is 4.95. The minimum absolute atomic E-state index is 0.0522. The van der Waals surface area contributed by atoms with E-state index in [2.05, 4.69) is 0 Å². The molecule has 1 atom stereocenters. The smallest absolute Gasteiger partial charge is 0.303 e. The summed E-state index contributed by atoms with van der Waals surface area (Å²) in [6, 6.07) is 0. The maximum atomic E-state index is 10.8. The molecule has 0 saturated heterocycles. The highest BCUT2D eigenvalue weighted by Gasteiger charge is 2.20. The summed E-state index contributed by atoms with van der Waals surface area (Å²) in [5, 5.41) is 0. The number of ketones is 1. The number of esters is 1. The highest BCUT2D eigenvalue weighted by molar-refractivity contribution is 5.83. The van der Waals surface area contributed by atoms with Crippen molar-refractivity contribution in [3.8, 4) is 0 Å². The maximum absolute atomic E-state index is 10.8. The highest BCUT2D eigenvalue weighted by Crippen LogP contribution is 2.07. The Hall–Kier alpha value is -0.860. The number of hydrogen-bond donors (Lipinski definition) is 0. The lowest BCUT2D eigenvalue weighted by atomic mass is 10.0. The summed E-state index contributed by atoms with van der Waals surface area (Å²) in [4.78, 5) is 21.3. The normalized spacial score (nSPS) is 12.8. The van der Waals surface area contributed by atoms with Gasteiger partial charge in [-0.05, 0) is 12.8 Å². The lowest BCUT2D eigenvalue weighted by Crippen LogP contribution is -2.29. The number of carbonyl (C=O) groups is 2. The van der Waals surface area contributed by atoms with Gasteiger partial charge in [0.15, 0.2) is 11.9 Å². The van der Waals surface area contributed by atoms with E-state index in [0.717, 1.165) is 0 Å². The number of ether oxygens (including phenoxy) is 1. The van der Waals surface area contributed by atoms with Gasteiger partial charge in [-0.25, -0.2) is 0 Å². The molecule has 0 radical (unpaired) electrons. The van der Waals surface area contributed by atoms with Gasteiger partial charge in [0.2, 0.25) is 0 Å². The second kappa shape index (κ2) is 4.11. The first-order valence-corrected chi connectivity index (χ1v) is 3.62. The first kappa shape index (κ1) is 10.1. The lowest BCUT2D eigenvalue weighted by molar-refractivity contribution is -0.154. The average molecular weight is 158 g/mol. The number of hydrogen-bond acceptors (Lipinski definition) is 3. The van der Waals surface area contributed by atoms with Crippen molar-refractivity contribution in [2.24, 2.45) is 5.92 Å². The van der Waals surface area contributed by atoms with Gasteiger partial charge < -0.3 is 4.74 Å². The van der Waals surface area contributed by atoms with Crippen LogP contribution in [0.2, 0.25) is 0 Å². The van der Waals surface area contributed by atoms with Gasteiger partial charge in [0, 0.05) is 6.92 Å². The van der Waals surface area contributed by atoms with Crippen LogP contribution in [-0.2, 0) is 14.3 Å². The van der Waals surface area contributed by atoms with E-state index in [4.69, 9.17) is 4.74 Å². The van der Waals surface area contributed by atoms with Gasteiger partial charge in [0.1, 0.15) is 0 Å². The molecule has 0 aromatic carbocycles. The van der Waals surface area contributed by atoms with E-state index in [9.17, 15) is 9.59 Å². The van der Waals surface area contributed by atoms with Gasteiger partial charge in [-0.3, -0.25) is 9.59 Å². The van der Waals surface area contributed by atoms with Crippen molar-refractivity contribution in [2.45, 2.75) is 33.8 Å². The van der Waals surface area contributed by atoms with Crippen molar-refractivity contribution < 1.29 is 14.3 Å². The Morgan fingerprint density at radius 3 is 1.73 bits per heavy atom. The molecule has 0 bridgehead atoms. The fraction of sp³-hybridized carbons (Fsp3) is 0.750. The first-order valence-electron chi connectivity index (χ1n) is 3.62. The Labute approximate surface area is 66.7 Å². The molecule has 0 aromatic heterocycles. The van der Waals surface area contributed by atoms with E-state index in [0.29, 0.717) is 0 Å². The molecule has 0 aliphatic rings. The van der Waals surface area contributed by atoms with Crippen molar-refractivity contribution in [3.63, 3.8) is 0 Å². The zero-order valence-corrected chi connectivity index (χ0v) is 7.38. The molecule has 0 aliphatic heterocycles. The van der Waals surface area contributed by atoms with Crippen LogP contribution in [0, 0.1) is 5.92 Å². The standard InChI is InChI=1S/C8H14O3/c1-5(2)8(6(3)9)11-7(4)10/h5,8H,1-4H3. The van der Waals surface area contributed by atoms with Crippen LogP contribution in [0.3, 0.4) is 0 Å². The molecule has 0 aromatic rings. The van der Waals surface area contributed by atoms with Crippen LogP contribution in [0.1, 0.15) is 27.7 Å². The predicted molar refractivity (Wildman–Crippen MR) is 41.1 cm³/mol. The van der Waals surface area contributed by atoms with E-state index in [-0.39, 0.29) is 11.7 Å². The molecule has 3 nitrogen and oxygen atoms in total. The zero-order chi connectivity index (χ0) is 9.02. The molecule has 64 valence electrons. The molecule has 0 fully saturated rings. The van der Waals surface area contributed by atoms with Crippen LogP contribution in [0.4, 0.5) is 0 Å². The molecule has 0 saturated carbocycles. The second-order valence-electron chi connectivity index (χ2n) is 2.88. The third-order valence-corrected chi connectivity index (χ3v) is 1.30. The topological polar surface area (TPSA) is 43.4 Å². The largest absolute Gasteiger partial charge is 0.454 e. The fourth-order valence-corrected chi connectivity index (χ4v) is 0.867. The summed E-state index contributed by atoms with van der Waals surface area (Å²) in [5.41, 5.74) is 0. The average Bonchev–Trinajstić information content (AvgIpc) is 1.81. The third-order valence-electron chi connectivity index (χ3n) is 1.30. The van der Waals surface area contributed by atoms with Crippen LogP contribution in [0.25, 0.3) is 0 Å². The summed E-state index contributed by atoms with van der Waals surface area (Å²) in [5.74, 6) is -0.453. The Morgan fingerprint density at radius 2 is 1.64 bits per heavy atom. The summed E-state index contributed by atoms with van der Waals surface area (Å²) in [7, 11) is 0. The van der Waals surface area contributed by atoms with Gasteiger partial charge in [0.25, 0.3) is 0 Å². The molecule has 0 N–H and O–H groups in total. The van der Waals surface area contributed by atoms with Crippen LogP contribution in [0.5, 0.6) is 0 Å². The van der Waals surface area contributed by atoms with Gasteiger partial charge in [0.05, 0.1) is 0 Å². The van der Waals surface area contributed by atoms with Crippen LogP contribution >= 0.6 is 0 Å². The van der Waals surface area contributed by atoms with Crippen LogP contribution in [0.15, 0.2) is 0 Å². The molecule has 3 heteroatoms.